The summed E-state index contributed by atoms with van der Waals surface area (Å²) in [6.45, 7) is 6.24. The number of hydrogen-bond donors (Lipinski definition) is 0. The molecule has 1 aromatic heterocycles. The van der Waals surface area contributed by atoms with E-state index in [-0.39, 0.29) is 12.0 Å². The minimum Gasteiger partial charge on any atom is -0.463 e. The summed E-state index contributed by atoms with van der Waals surface area (Å²) in [5.41, 5.74) is 4.57. The van der Waals surface area contributed by atoms with Gasteiger partial charge in [-0.25, -0.2) is 9.78 Å². The molecule has 1 fully saturated rings. The minimum atomic E-state index is -0.334. The van der Waals surface area contributed by atoms with Gasteiger partial charge in [0.2, 0.25) is 11.8 Å². The molecule has 0 N–H and O–H groups in total. The molecule has 1 unspecified atom stereocenters. The Morgan fingerprint density at radius 3 is 2.21 bits per heavy atom. The Bertz CT molecular complexity index is 1420. The van der Waals surface area contributed by atoms with Crippen molar-refractivity contribution in [3.63, 3.8) is 0 Å². The van der Waals surface area contributed by atoms with E-state index in [1.165, 1.54) is 22.8 Å². The highest BCUT2D eigenvalue weighted by molar-refractivity contribution is 5.81. The summed E-state index contributed by atoms with van der Waals surface area (Å²) in [5.74, 6) is 1.19. The Kier molecular flexibility index (Phi) is 11.2. The predicted octanol–water partition coefficient (Wildman–Crippen LogP) is 6.40. The van der Waals surface area contributed by atoms with Gasteiger partial charge in [-0.2, -0.15) is 0 Å². The molecule has 1 aliphatic heterocycles. The number of hydrogen-bond acceptors (Lipinski definition) is 7. The van der Waals surface area contributed by atoms with Crippen LogP contribution in [0.15, 0.2) is 108 Å². The predicted molar refractivity (Wildman–Crippen MR) is 169 cm³/mol. The zero-order valence-corrected chi connectivity index (χ0v) is 24.9. The molecular formula is C36H41N3O4. The maximum Gasteiger partial charge on any atom is 0.330 e. The van der Waals surface area contributed by atoms with Gasteiger partial charge in [0.25, 0.3) is 0 Å². The van der Waals surface area contributed by atoms with E-state index < -0.39 is 0 Å². The van der Waals surface area contributed by atoms with Crippen LogP contribution in [-0.2, 0) is 33.7 Å². The SMILES string of the molecule is CCOC(=O)/C=C/CN(Cc1ccccc1)C(CCc1ccccc1)c1nc(Cc2ccccc2)c(N2CCOCC2)o1. The Labute approximate surface area is 254 Å². The summed E-state index contributed by atoms with van der Waals surface area (Å²) in [7, 11) is 0. The monoisotopic (exact) mass is 579 g/mol. The van der Waals surface area contributed by atoms with Gasteiger partial charge in [0.1, 0.15) is 5.69 Å². The molecule has 7 nitrogen and oxygen atoms in total. The fourth-order valence-electron chi connectivity index (χ4n) is 5.43. The second kappa shape index (κ2) is 15.9. The van der Waals surface area contributed by atoms with Gasteiger partial charge in [-0.3, -0.25) is 4.90 Å². The van der Waals surface area contributed by atoms with Gasteiger partial charge in [-0.15, -0.1) is 0 Å². The Morgan fingerprint density at radius 2 is 1.56 bits per heavy atom. The molecule has 2 heterocycles. The van der Waals surface area contributed by atoms with Gasteiger partial charge in [-0.1, -0.05) is 97.1 Å². The fourth-order valence-corrected chi connectivity index (χ4v) is 5.43. The lowest BCUT2D eigenvalue weighted by Crippen LogP contribution is -2.36. The molecule has 5 rings (SSSR count). The third kappa shape index (κ3) is 8.89. The molecule has 1 atom stereocenters. The van der Waals surface area contributed by atoms with E-state index in [1.54, 1.807) is 0 Å². The molecule has 224 valence electrons. The summed E-state index contributed by atoms with van der Waals surface area (Å²) < 4.78 is 17.6. The van der Waals surface area contributed by atoms with Crippen molar-refractivity contribution in [3.05, 3.63) is 131 Å². The summed E-state index contributed by atoms with van der Waals surface area (Å²) in [4.78, 5) is 22.0. The van der Waals surface area contributed by atoms with Crippen molar-refractivity contribution < 1.29 is 18.7 Å². The molecule has 0 bridgehead atoms. The molecule has 0 spiro atoms. The molecule has 4 aromatic rings. The number of nitrogens with zero attached hydrogens (tertiary/aromatic N) is 3. The number of benzene rings is 3. The number of ether oxygens (including phenoxy) is 2. The van der Waals surface area contributed by atoms with Gasteiger partial charge < -0.3 is 18.8 Å². The van der Waals surface area contributed by atoms with Crippen molar-refractivity contribution in [2.45, 2.75) is 38.8 Å². The Hall–Kier alpha value is -4.20. The van der Waals surface area contributed by atoms with Crippen LogP contribution in [0.2, 0.25) is 0 Å². The molecule has 0 radical (unpaired) electrons. The van der Waals surface area contributed by atoms with Crippen molar-refractivity contribution in [2.75, 3.05) is 44.4 Å². The number of morpholine rings is 1. The zero-order valence-electron chi connectivity index (χ0n) is 24.9. The van der Waals surface area contributed by atoms with Crippen LogP contribution in [0.5, 0.6) is 0 Å². The lowest BCUT2D eigenvalue weighted by molar-refractivity contribution is -0.137. The van der Waals surface area contributed by atoms with Gasteiger partial charge in [0, 0.05) is 38.7 Å². The van der Waals surface area contributed by atoms with E-state index in [9.17, 15) is 4.79 Å². The number of aromatic nitrogens is 1. The summed E-state index contributed by atoms with van der Waals surface area (Å²) in [6, 6.07) is 31.2. The van der Waals surface area contributed by atoms with E-state index >= 15 is 0 Å². The first-order valence-corrected chi connectivity index (χ1v) is 15.2. The molecule has 0 saturated carbocycles. The van der Waals surface area contributed by atoms with Gasteiger partial charge in [0.15, 0.2) is 0 Å². The van der Waals surface area contributed by atoms with Gasteiger partial charge in [-0.05, 0) is 36.5 Å². The number of oxazole rings is 1. The van der Waals surface area contributed by atoms with E-state index in [2.05, 4.69) is 82.6 Å². The highest BCUT2D eigenvalue weighted by atomic mass is 16.5. The molecule has 0 aliphatic carbocycles. The van der Waals surface area contributed by atoms with Crippen LogP contribution in [0.1, 0.15) is 47.7 Å². The van der Waals surface area contributed by atoms with Crippen LogP contribution in [0.4, 0.5) is 5.88 Å². The van der Waals surface area contributed by atoms with Crippen molar-refractivity contribution in [1.29, 1.82) is 0 Å². The average molecular weight is 580 g/mol. The Balaban J connectivity index is 1.51. The zero-order chi connectivity index (χ0) is 29.7. The maximum absolute atomic E-state index is 12.2. The normalized spacial score (nSPS) is 14.3. The number of carbonyl (C=O) groups is 1. The molecular weight excluding hydrogens is 538 g/mol. The minimum absolute atomic E-state index is 0.128. The average Bonchev–Trinajstić information content (AvgIpc) is 3.46. The Morgan fingerprint density at radius 1 is 0.930 bits per heavy atom. The summed E-state index contributed by atoms with van der Waals surface area (Å²) in [5, 5.41) is 0. The molecule has 7 heteroatoms. The summed E-state index contributed by atoms with van der Waals surface area (Å²) >= 11 is 0. The van der Waals surface area contributed by atoms with E-state index in [1.807, 2.05) is 31.2 Å². The second-order valence-electron chi connectivity index (χ2n) is 10.7. The van der Waals surface area contributed by atoms with Crippen LogP contribution in [-0.4, -0.2) is 55.3 Å². The number of esters is 1. The molecule has 3 aromatic carbocycles. The van der Waals surface area contributed by atoms with Crippen molar-refractivity contribution in [1.82, 2.24) is 9.88 Å². The smallest absolute Gasteiger partial charge is 0.330 e. The van der Waals surface area contributed by atoms with E-state index in [4.69, 9.17) is 18.9 Å². The third-order valence-corrected chi connectivity index (χ3v) is 7.59. The number of rotatable bonds is 14. The van der Waals surface area contributed by atoms with Crippen molar-refractivity contribution >= 4 is 11.9 Å². The van der Waals surface area contributed by atoms with Gasteiger partial charge >= 0.3 is 5.97 Å². The lowest BCUT2D eigenvalue weighted by atomic mass is 10.0. The quantitative estimate of drug-likeness (QED) is 0.127. The van der Waals surface area contributed by atoms with Crippen LogP contribution < -0.4 is 4.90 Å². The number of carbonyl (C=O) groups excluding carboxylic acids is 1. The topological polar surface area (TPSA) is 68.0 Å². The van der Waals surface area contributed by atoms with Crippen LogP contribution >= 0.6 is 0 Å². The van der Waals surface area contributed by atoms with Crippen molar-refractivity contribution in [3.8, 4) is 0 Å². The number of anilines is 1. The van der Waals surface area contributed by atoms with Gasteiger partial charge in [0.05, 0.1) is 25.9 Å². The van der Waals surface area contributed by atoms with Crippen LogP contribution in [0, 0.1) is 0 Å². The first-order valence-electron chi connectivity index (χ1n) is 15.2. The lowest BCUT2D eigenvalue weighted by Gasteiger charge is -2.29. The summed E-state index contributed by atoms with van der Waals surface area (Å²) in [6.07, 6.45) is 5.75. The van der Waals surface area contributed by atoms with Crippen LogP contribution in [0.3, 0.4) is 0 Å². The third-order valence-electron chi connectivity index (χ3n) is 7.59. The maximum atomic E-state index is 12.2. The molecule has 1 aliphatic rings. The number of aryl methyl sites for hydroxylation is 1. The standard InChI is InChI=1S/C36H41N3O4/c1-2-42-34(40)19-12-22-39(28-31-17-10-5-11-18-31)33(21-20-29-13-6-3-7-14-29)35-37-32(27-30-15-8-4-9-16-30)36(43-35)38-23-25-41-26-24-38/h3-19,33H,2,20-28H2,1H3/b19-12+. The van der Waals surface area contributed by atoms with E-state index in [0.717, 1.165) is 37.5 Å². The van der Waals surface area contributed by atoms with Crippen molar-refractivity contribution in [2.24, 2.45) is 0 Å². The highest BCUT2D eigenvalue weighted by Crippen LogP contribution is 2.34. The van der Waals surface area contributed by atoms with E-state index in [0.29, 0.717) is 45.2 Å². The second-order valence-corrected chi connectivity index (χ2v) is 10.7. The highest BCUT2D eigenvalue weighted by Gasteiger charge is 2.29. The largest absolute Gasteiger partial charge is 0.463 e. The van der Waals surface area contributed by atoms with Crippen LogP contribution in [0.25, 0.3) is 0 Å². The first kappa shape index (κ1) is 30.3. The molecule has 1 saturated heterocycles. The molecule has 43 heavy (non-hydrogen) atoms. The molecule has 0 amide bonds. The first-order chi connectivity index (χ1) is 21.2. The fraction of sp³-hybridized carbons (Fsp3) is 0.333.